The molecule has 0 saturated carbocycles. The Bertz CT molecular complexity index is 4270. The molecule has 778 valence electrons. The van der Waals surface area contributed by atoms with Gasteiger partial charge in [-0.1, -0.05) is 89.9 Å². The summed E-state index contributed by atoms with van der Waals surface area (Å²) in [5.74, 6) is -19.2. The van der Waals surface area contributed by atoms with Gasteiger partial charge in [-0.3, -0.25) is 67.1 Å². The third kappa shape index (κ3) is 58.3. The number of carbonyl (C=O) groups is 21. The van der Waals surface area contributed by atoms with Crippen LogP contribution in [0.25, 0.3) is 0 Å². The molecule has 0 radical (unpaired) electrons. The Morgan fingerprint density at radius 1 is 0.302 bits per heavy atom. The predicted molar refractivity (Wildman–Crippen MR) is 505 cm³/mol. The molecule has 0 aromatic heterocycles. The molecule has 2 aromatic rings. The Balaban J connectivity index is 1.65. The molecule has 2 aromatic carbocycles. The van der Waals surface area contributed by atoms with E-state index in [0.29, 0.717) is 108 Å². The largest absolute Gasteiger partial charge is 0.494 e. The van der Waals surface area contributed by atoms with Gasteiger partial charge in [-0.15, -0.1) is 0 Å². The van der Waals surface area contributed by atoms with Gasteiger partial charge >= 0.3 is 47.8 Å². The number of carboxylic acid groups (broad SMARTS) is 8. The van der Waals surface area contributed by atoms with Gasteiger partial charge in [0.25, 0.3) is 0 Å². The number of aromatic carboxylic acids is 2. The highest BCUT2D eigenvalue weighted by Crippen LogP contribution is 2.26. The zero-order valence-electron chi connectivity index (χ0n) is 80.4. The van der Waals surface area contributed by atoms with Crippen molar-refractivity contribution in [2.75, 3.05) is 32.8 Å². The first-order valence-corrected chi connectivity index (χ1v) is 48.3. The number of nitrogens with two attached hydrogens (primary N) is 3. The molecule has 42 nitrogen and oxygen atoms in total. The van der Waals surface area contributed by atoms with E-state index in [9.17, 15) is 131 Å². The number of amides is 8. The van der Waals surface area contributed by atoms with E-state index in [1.807, 2.05) is 0 Å². The summed E-state index contributed by atoms with van der Waals surface area (Å²) in [6.45, 7) is 5.92. The summed E-state index contributed by atoms with van der Waals surface area (Å²) in [7, 11) is 0. The molecule has 0 fully saturated rings. The van der Waals surface area contributed by atoms with Crippen molar-refractivity contribution in [2.24, 2.45) is 35.0 Å². The highest BCUT2D eigenvalue weighted by molar-refractivity contribution is 5.95. The molecule has 8 amide bonds. The van der Waals surface area contributed by atoms with E-state index < -0.39 is 211 Å². The van der Waals surface area contributed by atoms with E-state index in [0.717, 1.165) is 70.6 Å². The van der Waals surface area contributed by atoms with Gasteiger partial charge in [0.15, 0.2) is 5.78 Å². The Kier molecular flexibility index (Phi) is 62.2. The van der Waals surface area contributed by atoms with E-state index in [1.54, 1.807) is 24.3 Å². The second-order valence-corrected chi connectivity index (χ2v) is 35.9. The summed E-state index contributed by atoms with van der Waals surface area (Å²) in [6, 6.07) is 2.84. The Hall–Kier alpha value is -12.2. The van der Waals surface area contributed by atoms with Gasteiger partial charge in [0.1, 0.15) is 64.8 Å². The summed E-state index contributed by atoms with van der Waals surface area (Å²) >= 11 is 0. The molecule has 0 heterocycles. The Morgan fingerprint density at radius 3 is 0.971 bits per heavy atom. The van der Waals surface area contributed by atoms with Crippen LogP contribution in [0.5, 0.6) is 11.5 Å². The SMILES string of the molecule is CC(=O)[C@H](CCCCNC(=O)[C@@H](N)CCCCCC(=O)CC[C@H](NC(=O)CC[C@H](NC(=O)CC[C@H](NC(=O)CCCCCCCCCOc1ccc(C(=O)O)cc1)C(=O)O)C(=O)O)C(=O)O)CC(=O)[C@H](CCCCNC(=O)[C@@H](N)CCCCNC(=O)CC[C@H](CC(=O)CC[C@H](NC(=O)CC[C@H](NC(=O)CCCCCCCCCOc1ccc(C(=O)O)cc1)C(=O)O)C(=O)O)C(=O)O)CC(=O)C(C)(C)N. The number of rotatable bonds is 85. The zero-order valence-corrected chi connectivity index (χ0v) is 80.4. The molecule has 0 aliphatic heterocycles. The van der Waals surface area contributed by atoms with E-state index in [4.69, 9.17) is 36.9 Å². The first-order chi connectivity index (χ1) is 65.9. The maximum Gasteiger partial charge on any atom is 0.335 e. The number of Topliss-reactive ketones (excluding diaryl/α,β-unsaturated/α-hetero) is 5. The third-order valence-corrected chi connectivity index (χ3v) is 23.5. The number of hydrogen-bond acceptors (Lipinski definition) is 26. The van der Waals surface area contributed by atoms with Gasteiger partial charge in [0, 0.05) is 109 Å². The average Bonchev–Trinajstić information content (AvgIpc) is 0.852. The van der Waals surface area contributed by atoms with Gasteiger partial charge in [-0.05, 0) is 191 Å². The molecular formula is C97H149N11O31. The Morgan fingerprint density at radius 2 is 0.612 bits per heavy atom. The monoisotopic (exact) mass is 1960 g/mol. The lowest BCUT2D eigenvalue weighted by molar-refractivity contribution is -0.145. The number of nitrogens with one attached hydrogen (secondary N) is 8. The fourth-order valence-corrected chi connectivity index (χ4v) is 14.9. The molecule has 139 heavy (non-hydrogen) atoms. The molecule has 2 rings (SSSR count). The number of ether oxygens (including phenoxy) is 2. The smallest absolute Gasteiger partial charge is 0.335 e. The van der Waals surface area contributed by atoms with Crippen LogP contribution in [-0.2, 0) is 91.1 Å². The number of benzene rings is 2. The number of aliphatic carboxylic acids is 6. The first kappa shape index (κ1) is 123. The van der Waals surface area contributed by atoms with Crippen LogP contribution in [0.15, 0.2) is 48.5 Å². The fourth-order valence-electron chi connectivity index (χ4n) is 14.9. The average molecular weight is 1970 g/mol. The van der Waals surface area contributed by atoms with Gasteiger partial charge < -0.3 is 110 Å². The van der Waals surface area contributed by atoms with E-state index in [1.165, 1.54) is 45.0 Å². The summed E-state index contributed by atoms with van der Waals surface area (Å²) in [5.41, 5.74) is 17.5. The maximum atomic E-state index is 13.9. The van der Waals surface area contributed by atoms with Gasteiger partial charge in [0.05, 0.1) is 47.9 Å². The number of carbonyl (C=O) groups excluding carboxylic acids is 13. The van der Waals surface area contributed by atoms with Crippen LogP contribution in [0, 0.1) is 17.8 Å². The molecule has 22 N–H and O–H groups in total. The summed E-state index contributed by atoms with van der Waals surface area (Å²) < 4.78 is 11.3. The minimum Gasteiger partial charge on any atom is -0.494 e. The Labute approximate surface area is 810 Å². The second kappa shape index (κ2) is 70.4. The van der Waals surface area contributed by atoms with Crippen molar-refractivity contribution in [3.63, 3.8) is 0 Å². The first-order valence-electron chi connectivity index (χ1n) is 48.3. The van der Waals surface area contributed by atoms with Crippen molar-refractivity contribution in [1.82, 2.24) is 42.5 Å². The van der Waals surface area contributed by atoms with Crippen molar-refractivity contribution in [2.45, 2.75) is 358 Å². The van der Waals surface area contributed by atoms with Gasteiger partial charge in [0.2, 0.25) is 47.3 Å². The molecule has 0 unspecified atom stereocenters. The van der Waals surface area contributed by atoms with Crippen LogP contribution in [0.1, 0.15) is 330 Å². The van der Waals surface area contributed by atoms with Crippen LogP contribution in [0.4, 0.5) is 0 Å². The lowest BCUT2D eigenvalue weighted by Gasteiger charge is -2.23. The zero-order chi connectivity index (χ0) is 104. The van der Waals surface area contributed by atoms with Crippen LogP contribution in [0.3, 0.4) is 0 Å². The minimum atomic E-state index is -1.62. The van der Waals surface area contributed by atoms with Crippen molar-refractivity contribution >= 4 is 124 Å². The van der Waals surface area contributed by atoms with E-state index in [-0.39, 0.29) is 144 Å². The predicted octanol–water partition coefficient (Wildman–Crippen LogP) is 7.48. The van der Waals surface area contributed by atoms with Gasteiger partial charge in [-0.2, -0.15) is 0 Å². The number of hydrogen-bond donors (Lipinski definition) is 19. The van der Waals surface area contributed by atoms with E-state index in [2.05, 4.69) is 42.5 Å². The lowest BCUT2D eigenvalue weighted by atomic mass is 9.82. The normalized spacial score (nSPS) is 13.4. The van der Waals surface area contributed by atoms with Gasteiger partial charge in [-0.25, -0.2) is 33.6 Å². The minimum absolute atomic E-state index is 0.0446. The molecule has 0 spiro atoms. The van der Waals surface area contributed by atoms with Crippen molar-refractivity contribution in [3.05, 3.63) is 59.7 Å². The van der Waals surface area contributed by atoms with Crippen molar-refractivity contribution in [1.29, 1.82) is 0 Å². The van der Waals surface area contributed by atoms with Crippen LogP contribution in [-0.4, -0.2) is 245 Å². The van der Waals surface area contributed by atoms with Crippen LogP contribution < -0.4 is 69.2 Å². The molecule has 0 aliphatic carbocycles. The summed E-state index contributed by atoms with van der Waals surface area (Å²) in [6.07, 6.45) is 10.8. The molecule has 0 aliphatic rings. The fraction of sp³-hybridized carbons (Fsp3) is 0.660. The lowest BCUT2D eigenvalue weighted by Crippen LogP contribution is -2.45. The molecule has 42 heteroatoms. The molecule has 0 bridgehead atoms. The highest BCUT2D eigenvalue weighted by Gasteiger charge is 2.34. The highest BCUT2D eigenvalue weighted by atomic mass is 16.5. The van der Waals surface area contributed by atoms with Crippen LogP contribution >= 0.6 is 0 Å². The van der Waals surface area contributed by atoms with Crippen molar-refractivity contribution < 1.29 is 151 Å². The number of unbranched alkanes of at least 4 members (excludes halogenated alkanes) is 17. The topological polar surface area (TPSA) is 713 Å². The third-order valence-electron chi connectivity index (χ3n) is 23.5. The molecule has 10 atom stereocenters. The molecular weight excluding hydrogens is 1820 g/mol. The van der Waals surface area contributed by atoms with E-state index >= 15 is 0 Å². The second-order valence-electron chi connectivity index (χ2n) is 35.9. The molecule has 0 saturated heterocycles. The summed E-state index contributed by atoms with van der Waals surface area (Å²) in [4.78, 5) is 262. The van der Waals surface area contributed by atoms with Crippen LogP contribution in [0.2, 0.25) is 0 Å². The quantitative estimate of drug-likeness (QED) is 0.0285. The maximum absolute atomic E-state index is 13.9. The summed E-state index contributed by atoms with van der Waals surface area (Å²) in [5, 5.41) is 96.4. The number of ketones is 5. The standard InChI is InChI=1S/C97H149N11O31/c1-62(109)65(27-19-22-55-102-87(120)72(98)30-16-14-15-29-68(110)39-45-74(92(128)129)106-84(117)53-49-78(96(136)137)108-86(119)52-48-77(95(134)135)105-83(116)33-18-11-7-5-9-13-26-58-139-71-43-36-64(37-44-71)90(124)125)60-79(112)66(61-80(113)97(2,3)100)28-20-23-56-103-88(121)73(99)31-21-24-54-101-81(114)50-38-67(91(126)127)59-69(111)40-46-75(93(130)131)107-85(118)51-47-76(94(132)133)104-82(115)32-17-10-6-4-8-12-25-57-138-70-41-34-63(35-42-70)89(122)123/h34-37,41-44,65-67,72-78H,4-33,38-40,45-61,98-100H2,1-3H3,(H,101,114)(H,102,120)(H,103,121)(H,104,115)(H,105,116)(H,106,117)(H,107,118)(H,108,119)(H,122,123)(H,124,125)(H,126,127)(H,128,129)(H,130,131)(H,132,133)(H,134,135)(H,136,137)/t65-,66-,67-,72+,73+,74+,75+,76+,77+,78+/m1/s1. The number of carboxylic acids is 8. The van der Waals surface area contributed by atoms with Crippen molar-refractivity contribution in [3.8, 4) is 11.5 Å².